The molecule has 1 N–H and O–H groups in total. The number of aromatic nitrogens is 1. The lowest BCUT2D eigenvalue weighted by atomic mass is 10.1. The molecule has 1 saturated heterocycles. The second-order valence-electron chi connectivity index (χ2n) is 4.09. The highest BCUT2D eigenvalue weighted by atomic mass is 16.5. The minimum absolute atomic E-state index is 0.367. The predicted molar refractivity (Wildman–Crippen MR) is 60.2 cm³/mol. The smallest absolute Gasteiger partial charge is 0.125 e. The number of pyridine rings is 1. The van der Waals surface area contributed by atoms with Crippen LogP contribution in [0, 0.1) is 13.8 Å². The Balaban J connectivity index is 2.06. The molecule has 0 aliphatic carbocycles. The van der Waals surface area contributed by atoms with Crippen molar-refractivity contribution < 1.29 is 4.74 Å². The number of piperidine rings is 1. The second kappa shape index (κ2) is 4.62. The minimum atomic E-state index is 0.367. The largest absolute Gasteiger partial charge is 0.490 e. The van der Waals surface area contributed by atoms with Crippen LogP contribution in [0.15, 0.2) is 12.3 Å². The maximum Gasteiger partial charge on any atom is 0.125 e. The first-order chi connectivity index (χ1) is 7.27. The van der Waals surface area contributed by atoms with Gasteiger partial charge in [0.05, 0.1) is 0 Å². The molecule has 1 aliphatic rings. The van der Waals surface area contributed by atoms with Gasteiger partial charge in [-0.05, 0) is 45.8 Å². The van der Waals surface area contributed by atoms with E-state index in [2.05, 4.69) is 17.2 Å². The number of hydrogen-bond acceptors (Lipinski definition) is 3. The molecular formula is C12H18N2O. The Labute approximate surface area is 90.9 Å². The molecule has 15 heavy (non-hydrogen) atoms. The third-order valence-corrected chi connectivity index (χ3v) is 2.99. The molecule has 1 aliphatic heterocycles. The van der Waals surface area contributed by atoms with E-state index in [0.29, 0.717) is 6.10 Å². The summed E-state index contributed by atoms with van der Waals surface area (Å²) in [5, 5.41) is 3.33. The lowest BCUT2D eigenvalue weighted by Crippen LogP contribution is -2.34. The second-order valence-corrected chi connectivity index (χ2v) is 4.09. The molecule has 0 bridgehead atoms. The van der Waals surface area contributed by atoms with Gasteiger partial charge in [0.25, 0.3) is 0 Å². The fourth-order valence-corrected chi connectivity index (χ4v) is 1.84. The molecular weight excluding hydrogens is 188 g/mol. The van der Waals surface area contributed by atoms with Crippen LogP contribution in [0.5, 0.6) is 5.75 Å². The fraction of sp³-hybridized carbons (Fsp3) is 0.583. The lowest BCUT2D eigenvalue weighted by Gasteiger charge is -2.24. The predicted octanol–water partition coefficient (Wildman–Crippen LogP) is 1.83. The van der Waals surface area contributed by atoms with Gasteiger partial charge in [0.1, 0.15) is 11.9 Å². The molecule has 0 spiro atoms. The summed E-state index contributed by atoms with van der Waals surface area (Å²) < 4.78 is 5.99. The van der Waals surface area contributed by atoms with Gasteiger partial charge in [-0.15, -0.1) is 0 Å². The molecule has 0 amide bonds. The SMILES string of the molecule is Cc1nccc(OC2CCNCC2)c1C. The topological polar surface area (TPSA) is 34.1 Å². The molecule has 0 atom stereocenters. The Hall–Kier alpha value is -1.09. The summed E-state index contributed by atoms with van der Waals surface area (Å²) in [6.07, 6.45) is 4.38. The van der Waals surface area contributed by atoms with Crippen LogP contribution >= 0.6 is 0 Å². The zero-order valence-electron chi connectivity index (χ0n) is 9.42. The van der Waals surface area contributed by atoms with E-state index in [0.717, 1.165) is 42.9 Å². The standard InChI is InChI=1S/C12H18N2O/c1-9-10(2)14-8-5-12(9)15-11-3-6-13-7-4-11/h5,8,11,13H,3-4,6-7H2,1-2H3. The molecule has 0 unspecified atom stereocenters. The van der Waals surface area contributed by atoms with Gasteiger partial charge in [0.15, 0.2) is 0 Å². The van der Waals surface area contributed by atoms with Crippen molar-refractivity contribution in [3.05, 3.63) is 23.5 Å². The van der Waals surface area contributed by atoms with E-state index in [1.807, 2.05) is 19.2 Å². The van der Waals surface area contributed by atoms with Crippen LogP contribution in [0.2, 0.25) is 0 Å². The molecule has 0 radical (unpaired) electrons. The average Bonchev–Trinajstić information content (AvgIpc) is 2.26. The molecule has 1 aromatic heterocycles. The summed E-state index contributed by atoms with van der Waals surface area (Å²) in [4.78, 5) is 4.24. The van der Waals surface area contributed by atoms with Crippen molar-refractivity contribution in [2.24, 2.45) is 0 Å². The zero-order chi connectivity index (χ0) is 10.7. The molecule has 0 saturated carbocycles. The number of nitrogens with zero attached hydrogens (tertiary/aromatic N) is 1. The van der Waals surface area contributed by atoms with Crippen LogP contribution in [0.25, 0.3) is 0 Å². The van der Waals surface area contributed by atoms with Crippen LogP contribution in [0.4, 0.5) is 0 Å². The van der Waals surface area contributed by atoms with Gasteiger partial charge in [-0.3, -0.25) is 4.98 Å². The van der Waals surface area contributed by atoms with E-state index >= 15 is 0 Å². The summed E-state index contributed by atoms with van der Waals surface area (Å²) in [5.74, 6) is 0.995. The van der Waals surface area contributed by atoms with Gasteiger partial charge in [0.2, 0.25) is 0 Å². The molecule has 2 heterocycles. The maximum absolute atomic E-state index is 5.99. The number of aryl methyl sites for hydroxylation is 1. The summed E-state index contributed by atoms with van der Waals surface area (Å²) >= 11 is 0. The molecule has 3 heteroatoms. The Kier molecular flexibility index (Phi) is 3.21. The van der Waals surface area contributed by atoms with Crippen molar-refractivity contribution in [3.63, 3.8) is 0 Å². The highest BCUT2D eigenvalue weighted by molar-refractivity contribution is 5.33. The van der Waals surface area contributed by atoms with Crippen molar-refractivity contribution in [2.45, 2.75) is 32.8 Å². The molecule has 0 aromatic carbocycles. The van der Waals surface area contributed by atoms with Crippen LogP contribution in [0.3, 0.4) is 0 Å². The van der Waals surface area contributed by atoms with Crippen LogP contribution in [-0.4, -0.2) is 24.2 Å². The van der Waals surface area contributed by atoms with Gasteiger partial charge in [0, 0.05) is 17.5 Å². The first-order valence-electron chi connectivity index (χ1n) is 5.57. The third-order valence-electron chi connectivity index (χ3n) is 2.99. The highest BCUT2D eigenvalue weighted by Crippen LogP contribution is 2.22. The van der Waals surface area contributed by atoms with Crippen molar-refractivity contribution in [1.82, 2.24) is 10.3 Å². The summed E-state index contributed by atoms with van der Waals surface area (Å²) in [6.45, 7) is 6.21. The molecule has 3 nitrogen and oxygen atoms in total. The van der Waals surface area contributed by atoms with Gasteiger partial charge in [-0.1, -0.05) is 0 Å². The van der Waals surface area contributed by atoms with Crippen molar-refractivity contribution in [1.29, 1.82) is 0 Å². The van der Waals surface area contributed by atoms with Gasteiger partial charge in [-0.25, -0.2) is 0 Å². The Morgan fingerprint density at radius 1 is 1.33 bits per heavy atom. The number of hydrogen-bond donors (Lipinski definition) is 1. The normalized spacial score (nSPS) is 17.7. The molecule has 82 valence electrons. The van der Waals surface area contributed by atoms with Crippen molar-refractivity contribution in [2.75, 3.05) is 13.1 Å². The maximum atomic E-state index is 5.99. The fourth-order valence-electron chi connectivity index (χ4n) is 1.84. The minimum Gasteiger partial charge on any atom is -0.490 e. The highest BCUT2D eigenvalue weighted by Gasteiger charge is 2.15. The van der Waals surface area contributed by atoms with E-state index in [1.54, 1.807) is 0 Å². The van der Waals surface area contributed by atoms with Crippen LogP contribution in [0.1, 0.15) is 24.1 Å². The summed E-state index contributed by atoms with van der Waals surface area (Å²) in [7, 11) is 0. The molecule has 1 aromatic rings. The van der Waals surface area contributed by atoms with Crippen molar-refractivity contribution in [3.8, 4) is 5.75 Å². The van der Waals surface area contributed by atoms with Crippen LogP contribution in [-0.2, 0) is 0 Å². The van der Waals surface area contributed by atoms with E-state index in [9.17, 15) is 0 Å². The quantitative estimate of drug-likeness (QED) is 0.801. The first kappa shape index (κ1) is 10.4. The average molecular weight is 206 g/mol. The Morgan fingerprint density at radius 2 is 2.07 bits per heavy atom. The monoisotopic (exact) mass is 206 g/mol. The van der Waals surface area contributed by atoms with Gasteiger partial charge in [-0.2, -0.15) is 0 Å². The van der Waals surface area contributed by atoms with E-state index < -0.39 is 0 Å². The first-order valence-corrected chi connectivity index (χ1v) is 5.57. The van der Waals surface area contributed by atoms with E-state index in [4.69, 9.17) is 4.74 Å². The number of ether oxygens (including phenoxy) is 1. The van der Waals surface area contributed by atoms with E-state index in [-0.39, 0.29) is 0 Å². The van der Waals surface area contributed by atoms with E-state index in [1.165, 1.54) is 0 Å². The van der Waals surface area contributed by atoms with Gasteiger partial charge >= 0.3 is 0 Å². The Bertz CT molecular complexity index is 332. The summed E-state index contributed by atoms with van der Waals surface area (Å²) in [6, 6.07) is 1.96. The Morgan fingerprint density at radius 3 is 2.80 bits per heavy atom. The third kappa shape index (κ3) is 2.48. The van der Waals surface area contributed by atoms with Crippen molar-refractivity contribution >= 4 is 0 Å². The van der Waals surface area contributed by atoms with Crippen LogP contribution < -0.4 is 10.1 Å². The molecule has 2 rings (SSSR count). The summed E-state index contributed by atoms with van der Waals surface area (Å²) in [5.41, 5.74) is 2.22. The number of nitrogens with one attached hydrogen (secondary N) is 1. The number of rotatable bonds is 2. The van der Waals surface area contributed by atoms with Gasteiger partial charge < -0.3 is 10.1 Å². The molecule has 1 fully saturated rings. The lowest BCUT2D eigenvalue weighted by molar-refractivity contribution is 0.161. The zero-order valence-corrected chi connectivity index (χ0v) is 9.42.